The van der Waals surface area contributed by atoms with Gasteiger partial charge in [0.2, 0.25) is 0 Å². The van der Waals surface area contributed by atoms with Crippen LogP contribution < -0.4 is 0 Å². The fourth-order valence-electron chi connectivity index (χ4n) is 0.902. The molecule has 0 aromatic carbocycles. The molecule has 0 radical (unpaired) electrons. The van der Waals surface area contributed by atoms with Crippen molar-refractivity contribution in [2.45, 2.75) is 6.92 Å². The number of amides is 2. The van der Waals surface area contributed by atoms with Gasteiger partial charge in [-0.15, -0.1) is 6.58 Å². The Hall–Kier alpha value is -1.25. The van der Waals surface area contributed by atoms with E-state index in [1.807, 2.05) is 19.1 Å². The molecule has 0 atom stereocenters. The lowest BCUT2D eigenvalue weighted by Crippen LogP contribution is -2.39. The van der Waals surface area contributed by atoms with Crippen LogP contribution in [0.5, 0.6) is 0 Å². The van der Waals surface area contributed by atoms with Gasteiger partial charge in [-0.2, -0.15) is 0 Å². The lowest BCUT2D eigenvalue weighted by atomic mass is 10.4. The highest BCUT2D eigenvalue weighted by Gasteiger charge is 2.11. The minimum atomic E-state index is 0.0120. The molecule has 2 amide bonds. The Morgan fingerprint density at radius 2 is 2.00 bits per heavy atom. The zero-order valence-electron chi connectivity index (χ0n) is 8.66. The quantitative estimate of drug-likeness (QED) is 0.607. The summed E-state index contributed by atoms with van der Waals surface area (Å²) < 4.78 is 0. The molecule has 13 heavy (non-hydrogen) atoms. The first-order chi connectivity index (χ1) is 6.13. The molecule has 0 saturated heterocycles. The van der Waals surface area contributed by atoms with Crippen LogP contribution in [0.3, 0.4) is 0 Å². The van der Waals surface area contributed by atoms with Gasteiger partial charge in [0.1, 0.15) is 0 Å². The Balaban J connectivity index is 4.22. The second-order valence-corrected chi connectivity index (χ2v) is 2.94. The fourth-order valence-corrected chi connectivity index (χ4v) is 0.902. The molecule has 0 aliphatic heterocycles. The maximum Gasteiger partial charge on any atom is 0.320 e. The van der Waals surface area contributed by atoms with Gasteiger partial charge in [-0.1, -0.05) is 18.2 Å². The van der Waals surface area contributed by atoms with E-state index in [4.69, 9.17) is 0 Å². The number of hydrogen-bond donors (Lipinski definition) is 0. The van der Waals surface area contributed by atoms with E-state index in [-0.39, 0.29) is 6.03 Å². The minimum Gasteiger partial charge on any atom is -0.331 e. The highest BCUT2D eigenvalue weighted by Crippen LogP contribution is 1.95. The number of carbonyl (C=O) groups is 1. The van der Waals surface area contributed by atoms with Crippen LogP contribution in [-0.2, 0) is 0 Å². The van der Waals surface area contributed by atoms with Gasteiger partial charge in [0, 0.05) is 27.2 Å². The maximum atomic E-state index is 11.5. The minimum absolute atomic E-state index is 0.0120. The van der Waals surface area contributed by atoms with Gasteiger partial charge in [-0.25, -0.2) is 4.79 Å². The van der Waals surface area contributed by atoms with Crippen molar-refractivity contribution < 1.29 is 4.79 Å². The molecule has 0 bridgehead atoms. The molecule has 0 spiro atoms. The van der Waals surface area contributed by atoms with Crippen LogP contribution in [0.25, 0.3) is 0 Å². The third-order valence-corrected chi connectivity index (χ3v) is 1.56. The predicted octanol–water partition coefficient (Wildman–Crippen LogP) is 1.73. The Kier molecular flexibility index (Phi) is 5.68. The van der Waals surface area contributed by atoms with Crippen molar-refractivity contribution in [3.8, 4) is 0 Å². The van der Waals surface area contributed by atoms with Crippen molar-refractivity contribution >= 4 is 6.03 Å². The Morgan fingerprint density at radius 1 is 1.38 bits per heavy atom. The third-order valence-electron chi connectivity index (χ3n) is 1.56. The molecule has 0 rings (SSSR count). The number of rotatable bonds is 4. The van der Waals surface area contributed by atoms with Gasteiger partial charge in [0.15, 0.2) is 0 Å². The molecule has 0 aliphatic rings. The summed E-state index contributed by atoms with van der Waals surface area (Å²) in [7, 11) is 3.49. The average Bonchev–Trinajstić information content (AvgIpc) is 2.11. The van der Waals surface area contributed by atoms with Gasteiger partial charge in [-0.05, 0) is 6.92 Å². The first-order valence-electron chi connectivity index (χ1n) is 4.31. The Bertz CT molecular complexity index is 197. The summed E-state index contributed by atoms with van der Waals surface area (Å²) in [5, 5.41) is 0. The van der Waals surface area contributed by atoms with Crippen LogP contribution in [0.2, 0.25) is 0 Å². The highest BCUT2D eigenvalue weighted by atomic mass is 16.2. The van der Waals surface area contributed by atoms with E-state index in [0.29, 0.717) is 13.1 Å². The number of urea groups is 1. The predicted molar refractivity (Wildman–Crippen MR) is 55.7 cm³/mol. The molecule has 3 nitrogen and oxygen atoms in total. The van der Waals surface area contributed by atoms with Crippen molar-refractivity contribution in [2.24, 2.45) is 0 Å². The van der Waals surface area contributed by atoms with Crippen molar-refractivity contribution in [3.05, 3.63) is 24.8 Å². The smallest absolute Gasteiger partial charge is 0.320 e. The summed E-state index contributed by atoms with van der Waals surface area (Å²) in [5.41, 5.74) is 0. The lowest BCUT2D eigenvalue weighted by Gasteiger charge is -2.23. The number of hydrogen-bond acceptors (Lipinski definition) is 1. The van der Waals surface area contributed by atoms with Gasteiger partial charge < -0.3 is 9.80 Å². The van der Waals surface area contributed by atoms with E-state index >= 15 is 0 Å². The molecular formula is C10H18N2O. The van der Waals surface area contributed by atoms with Crippen molar-refractivity contribution in [3.63, 3.8) is 0 Å². The summed E-state index contributed by atoms with van der Waals surface area (Å²) in [6.07, 6.45) is 5.61. The fraction of sp³-hybridized carbons (Fsp3) is 0.500. The van der Waals surface area contributed by atoms with E-state index in [2.05, 4.69) is 6.58 Å². The van der Waals surface area contributed by atoms with Crippen LogP contribution in [0.1, 0.15) is 6.92 Å². The standard InChI is InChI=1S/C10H18N2O/c1-5-7-9-12(8-6-2)10(13)11(3)4/h5-7H,2,8-9H2,1,3-4H3/b7-5+. The molecule has 0 unspecified atom stereocenters. The van der Waals surface area contributed by atoms with E-state index < -0.39 is 0 Å². The van der Waals surface area contributed by atoms with Crippen LogP contribution in [0.15, 0.2) is 24.8 Å². The first kappa shape index (κ1) is 11.8. The molecule has 0 saturated carbocycles. The lowest BCUT2D eigenvalue weighted by molar-refractivity contribution is 0.181. The van der Waals surface area contributed by atoms with Crippen LogP contribution >= 0.6 is 0 Å². The second kappa shape index (κ2) is 6.29. The van der Waals surface area contributed by atoms with E-state index in [9.17, 15) is 4.79 Å². The van der Waals surface area contributed by atoms with E-state index in [1.165, 1.54) is 0 Å². The van der Waals surface area contributed by atoms with Gasteiger partial charge >= 0.3 is 6.03 Å². The number of allylic oxidation sites excluding steroid dienone is 1. The summed E-state index contributed by atoms with van der Waals surface area (Å²) in [6.45, 7) is 6.77. The topological polar surface area (TPSA) is 23.6 Å². The maximum absolute atomic E-state index is 11.5. The SMILES string of the molecule is C=CCN(C/C=C/C)C(=O)N(C)C. The molecule has 74 valence electrons. The van der Waals surface area contributed by atoms with Gasteiger partial charge in [0.05, 0.1) is 0 Å². The first-order valence-corrected chi connectivity index (χ1v) is 4.31. The summed E-state index contributed by atoms with van der Waals surface area (Å²) >= 11 is 0. The van der Waals surface area contributed by atoms with E-state index in [0.717, 1.165) is 0 Å². The molecule has 0 heterocycles. The van der Waals surface area contributed by atoms with Gasteiger partial charge in [-0.3, -0.25) is 0 Å². The summed E-state index contributed by atoms with van der Waals surface area (Å²) in [6, 6.07) is 0.0120. The van der Waals surface area contributed by atoms with Crippen LogP contribution in [-0.4, -0.2) is 43.0 Å². The molecule has 0 aromatic rings. The van der Waals surface area contributed by atoms with Crippen LogP contribution in [0.4, 0.5) is 4.79 Å². The Labute approximate surface area is 80.3 Å². The van der Waals surface area contributed by atoms with Crippen LogP contribution in [0, 0.1) is 0 Å². The number of carbonyl (C=O) groups excluding carboxylic acids is 1. The van der Waals surface area contributed by atoms with E-state index in [1.54, 1.807) is 30.0 Å². The second-order valence-electron chi connectivity index (χ2n) is 2.94. The van der Waals surface area contributed by atoms with Crippen molar-refractivity contribution in [1.82, 2.24) is 9.80 Å². The zero-order chi connectivity index (χ0) is 10.3. The molecular weight excluding hydrogens is 164 g/mol. The van der Waals surface area contributed by atoms with Crippen molar-refractivity contribution in [2.75, 3.05) is 27.2 Å². The molecule has 3 heteroatoms. The molecule has 0 aliphatic carbocycles. The molecule has 0 aromatic heterocycles. The average molecular weight is 182 g/mol. The number of nitrogens with zero attached hydrogens (tertiary/aromatic N) is 2. The largest absolute Gasteiger partial charge is 0.331 e. The summed E-state index contributed by atoms with van der Waals surface area (Å²) in [5.74, 6) is 0. The Morgan fingerprint density at radius 3 is 2.38 bits per heavy atom. The molecule has 0 fully saturated rings. The highest BCUT2D eigenvalue weighted by molar-refractivity contribution is 5.74. The zero-order valence-corrected chi connectivity index (χ0v) is 8.66. The van der Waals surface area contributed by atoms with Crippen molar-refractivity contribution in [1.29, 1.82) is 0 Å². The normalized spacial score (nSPS) is 10.1. The third kappa shape index (κ3) is 4.35. The molecule has 0 N–H and O–H groups in total. The summed E-state index contributed by atoms with van der Waals surface area (Å²) in [4.78, 5) is 14.8. The monoisotopic (exact) mass is 182 g/mol. The van der Waals surface area contributed by atoms with Gasteiger partial charge in [0.25, 0.3) is 0 Å².